The van der Waals surface area contributed by atoms with Gasteiger partial charge in [-0.1, -0.05) is 11.3 Å². The molecule has 204 valence electrons. The number of benzene rings is 3. The van der Waals surface area contributed by atoms with E-state index in [-0.39, 0.29) is 11.5 Å². The monoisotopic (exact) mass is 543 g/mol. The predicted molar refractivity (Wildman–Crippen MR) is 147 cm³/mol. The summed E-state index contributed by atoms with van der Waals surface area (Å²) in [4.78, 5) is 18.7. The fourth-order valence-corrected chi connectivity index (χ4v) is 4.89. The predicted octanol–water partition coefficient (Wildman–Crippen LogP) is 4.52. The van der Waals surface area contributed by atoms with Gasteiger partial charge in [0.25, 0.3) is 0 Å². The van der Waals surface area contributed by atoms with Crippen LogP contribution in [-0.4, -0.2) is 68.2 Å². The second-order valence-corrected chi connectivity index (χ2v) is 9.71. The molecule has 0 bridgehead atoms. The van der Waals surface area contributed by atoms with Crippen molar-refractivity contribution in [1.29, 1.82) is 0 Å². The summed E-state index contributed by atoms with van der Waals surface area (Å²) in [5, 5.41) is 11.4. The molecule has 1 N–H and O–H groups in total. The Bertz CT molecular complexity index is 1690. The molecule has 0 atom stereocenters. The quantitative estimate of drug-likeness (QED) is 0.325. The Morgan fingerprint density at radius 3 is 2.65 bits per heavy atom. The van der Waals surface area contributed by atoms with Crippen LogP contribution in [0.15, 0.2) is 67.1 Å². The summed E-state index contributed by atoms with van der Waals surface area (Å²) in [6.07, 6.45) is 3.60. The fourth-order valence-electron chi connectivity index (χ4n) is 4.89. The lowest BCUT2D eigenvalue weighted by atomic mass is 10.0. The number of carbonyl (C=O) groups is 1. The van der Waals surface area contributed by atoms with Crippen molar-refractivity contribution in [3.63, 3.8) is 0 Å². The second-order valence-electron chi connectivity index (χ2n) is 9.71. The van der Waals surface area contributed by atoms with Crippen LogP contribution in [0.2, 0.25) is 0 Å². The smallest absolute Gasteiger partial charge is 0.221 e. The van der Waals surface area contributed by atoms with Gasteiger partial charge in [-0.05, 0) is 48.0 Å². The van der Waals surface area contributed by atoms with Crippen LogP contribution in [0, 0.1) is 11.6 Å². The van der Waals surface area contributed by atoms with E-state index in [2.05, 4.69) is 25.5 Å². The maximum absolute atomic E-state index is 14.6. The Morgan fingerprint density at radius 2 is 1.85 bits per heavy atom. The number of anilines is 1. The van der Waals surface area contributed by atoms with Gasteiger partial charge in [-0.15, -0.1) is 5.10 Å². The number of hydrogen-bond donors (Lipinski definition) is 1. The zero-order chi connectivity index (χ0) is 27.6. The van der Waals surface area contributed by atoms with Crippen molar-refractivity contribution in [2.75, 3.05) is 38.2 Å². The molecule has 6 rings (SSSR count). The summed E-state index contributed by atoms with van der Waals surface area (Å²) in [5.74, 6) is -1.61. The van der Waals surface area contributed by atoms with Crippen molar-refractivity contribution in [2.45, 2.75) is 13.5 Å². The molecule has 0 spiro atoms. The van der Waals surface area contributed by atoms with E-state index in [4.69, 9.17) is 4.74 Å². The van der Waals surface area contributed by atoms with Crippen LogP contribution in [-0.2, 0) is 16.1 Å². The van der Waals surface area contributed by atoms with E-state index in [1.54, 1.807) is 24.5 Å². The molecule has 0 aliphatic carbocycles. The Kier molecular flexibility index (Phi) is 7.06. The molecule has 1 fully saturated rings. The highest BCUT2D eigenvalue weighted by molar-refractivity contribution is 5.91. The van der Waals surface area contributed by atoms with Gasteiger partial charge in [0.2, 0.25) is 5.91 Å². The molecule has 40 heavy (non-hydrogen) atoms. The molecule has 0 radical (unpaired) electrons. The summed E-state index contributed by atoms with van der Waals surface area (Å²) in [7, 11) is 0. The molecule has 5 aromatic rings. The number of halogens is 2. The minimum absolute atomic E-state index is 0.221. The largest absolute Gasteiger partial charge is 0.379 e. The van der Waals surface area contributed by atoms with Gasteiger partial charge in [-0.25, -0.2) is 13.8 Å². The van der Waals surface area contributed by atoms with Crippen LogP contribution in [0.5, 0.6) is 0 Å². The molecule has 1 aliphatic heterocycles. The van der Waals surface area contributed by atoms with E-state index in [9.17, 15) is 13.6 Å². The first kappa shape index (κ1) is 25.8. The van der Waals surface area contributed by atoms with Crippen molar-refractivity contribution in [3.8, 4) is 28.1 Å². The number of rotatable bonds is 7. The lowest BCUT2D eigenvalue weighted by molar-refractivity contribution is -0.114. The first-order valence-corrected chi connectivity index (χ1v) is 13.0. The minimum Gasteiger partial charge on any atom is -0.379 e. The van der Waals surface area contributed by atoms with Crippen LogP contribution in [0.3, 0.4) is 0 Å². The zero-order valence-corrected chi connectivity index (χ0v) is 21.8. The molecular weight excluding hydrogens is 516 g/mol. The lowest BCUT2D eigenvalue weighted by Crippen LogP contribution is -2.38. The first-order valence-electron chi connectivity index (χ1n) is 13.0. The Hall–Kier alpha value is -4.48. The normalized spacial score (nSPS) is 14.1. The van der Waals surface area contributed by atoms with Crippen molar-refractivity contribution in [2.24, 2.45) is 0 Å². The van der Waals surface area contributed by atoms with E-state index < -0.39 is 11.6 Å². The summed E-state index contributed by atoms with van der Waals surface area (Å²) >= 11 is 0. The third-order valence-electron chi connectivity index (χ3n) is 6.89. The minimum atomic E-state index is -0.691. The number of aromatic nitrogens is 5. The second kappa shape index (κ2) is 10.9. The van der Waals surface area contributed by atoms with Crippen LogP contribution in [0.1, 0.15) is 6.92 Å². The average Bonchev–Trinajstić information content (AvgIpc) is 3.59. The lowest BCUT2D eigenvalue weighted by Gasteiger charge is -2.26. The number of imidazole rings is 1. The number of morpholine rings is 1. The van der Waals surface area contributed by atoms with Gasteiger partial charge in [0.15, 0.2) is 0 Å². The van der Waals surface area contributed by atoms with E-state index in [1.807, 2.05) is 33.6 Å². The van der Waals surface area contributed by atoms with E-state index in [0.717, 1.165) is 67.7 Å². The molecular formula is C29H27F2N7O2. The van der Waals surface area contributed by atoms with Gasteiger partial charge in [0, 0.05) is 55.1 Å². The van der Waals surface area contributed by atoms with Gasteiger partial charge < -0.3 is 10.1 Å². The highest BCUT2D eigenvalue weighted by Gasteiger charge is 2.15. The Balaban J connectivity index is 1.30. The van der Waals surface area contributed by atoms with Crippen LogP contribution in [0.25, 0.3) is 39.1 Å². The Labute approximate surface area is 229 Å². The van der Waals surface area contributed by atoms with Gasteiger partial charge in [0.1, 0.15) is 23.7 Å². The molecule has 0 saturated carbocycles. The molecule has 3 heterocycles. The van der Waals surface area contributed by atoms with Gasteiger partial charge in [0.05, 0.1) is 37.0 Å². The highest BCUT2D eigenvalue weighted by Crippen LogP contribution is 2.31. The van der Waals surface area contributed by atoms with Crippen LogP contribution >= 0.6 is 0 Å². The molecule has 2 aromatic heterocycles. The molecule has 11 heteroatoms. The van der Waals surface area contributed by atoms with Crippen molar-refractivity contribution < 1.29 is 18.3 Å². The number of hydrogen-bond acceptors (Lipinski definition) is 6. The molecule has 0 unspecified atom stereocenters. The van der Waals surface area contributed by atoms with E-state index in [0.29, 0.717) is 16.9 Å². The molecule has 9 nitrogen and oxygen atoms in total. The molecule has 3 aromatic carbocycles. The van der Waals surface area contributed by atoms with Gasteiger partial charge in [-0.2, -0.15) is 0 Å². The fraction of sp³-hybridized carbons (Fsp3) is 0.241. The maximum Gasteiger partial charge on any atom is 0.221 e. The molecule has 1 amide bonds. The summed E-state index contributed by atoms with van der Waals surface area (Å²) in [6.45, 7) is 6.40. The highest BCUT2D eigenvalue weighted by atomic mass is 19.1. The number of carbonyl (C=O) groups excluding carboxylic acids is 1. The van der Waals surface area contributed by atoms with Crippen molar-refractivity contribution in [1.82, 2.24) is 29.4 Å². The number of amides is 1. The standard InChI is InChI=1S/C29H27F2N7O2/c1-19(39)33-23-12-21(25-4-3-22(30)15-26(25)31)13-24(16-23)38-18-32-27-14-20(2-5-29(27)38)28-17-37(35-34-28)7-6-36-8-10-40-11-9-36/h2-5,12-18H,6-11H2,1H3,(H,33,39). The molecule has 1 aliphatic rings. The topological polar surface area (TPSA) is 90.1 Å². The number of nitrogens with one attached hydrogen (secondary N) is 1. The SMILES string of the molecule is CC(=O)Nc1cc(-c2ccc(F)cc2F)cc(-n2cnc3cc(-c4cn(CCN5CCOCC5)nn4)ccc32)c1. The summed E-state index contributed by atoms with van der Waals surface area (Å²) in [5.41, 5.74) is 5.04. The third-order valence-corrected chi connectivity index (χ3v) is 6.89. The number of nitrogens with zero attached hydrogens (tertiary/aromatic N) is 6. The van der Waals surface area contributed by atoms with Gasteiger partial charge in [-0.3, -0.25) is 18.9 Å². The van der Waals surface area contributed by atoms with Crippen LogP contribution < -0.4 is 5.32 Å². The van der Waals surface area contributed by atoms with Crippen molar-refractivity contribution in [3.05, 3.63) is 78.8 Å². The Morgan fingerprint density at radius 1 is 1.00 bits per heavy atom. The average molecular weight is 544 g/mol. The van der Waals surface area contributed by atoms with Gasteiger partial charge >= 0.3 is 0 Å². The number of fused-ring (bicyclic) bond motifs is 1. The van der Waals surface area contributed by atoms with Crippen LogP contribution in [0.4, 0.5) is 14.5 Å². The maximum atomic E-state index is 14.6. The van der Waals surface area contributed by atoms with E-state index >= 15 is 0 Å². The zero-order valence-electron chi connectivity index (χ0n) is 21.8. The molecule has 1 saturated heterocycles. The third kappa shape index (κ3) is 5.47. The van der Waals surface area contributed by atoms with Crippen molar-refractivity contribution >= 4 is 22.6 Å². The first-order chi connectivity index (χ1) is 19.4. The van der Waals surface area contributed by atoms with E-state index in [1.165, 1.54) is 19.1 Å². The summed E-state index contributed by atoms with van der Waals surface area (Å²) < 4.78 is 37.3. The number of ether oxygens (including phenoxy) is 1. The summed E-state index contributed by atoms with van der Waals surface area (Å²) in [6, 6.07) is 14.5.